The number of alkyl halides is 3. The largest absolute Gasteiger partial charge is 0.491 e. The average molecular weight is 540 g/mol. The van der Waals surface area contributed by atoms with Crippen molar-refractivity contribution >= 4 is 23.7 Å². The molecule has 1 heterocycles. The van der Waals surface area contributed by atoms with Crippen LogP contribution in [0.3, 0.4) is 0 Å². The van der Waals surface area contributed by atoms with Crippen LogP contribution < -0.4 is 10.1 Å². The Labute approximate surface area is 221 Å². The van der Waals surface area contributed by atoms with E-state index in [-0.39, 0.29) is 24.4 Å². The van der Waals surface area contributed by atoms with Gasteiger partial charge in [0, 0.05) is 23.1 Å². The van der Waals surface area contributed by atoms with Crippen molar-refractivity contribution in [2.75, 3.05) is 12.4 Å². The third-order valence-corrected chi connectivity index (χ3v) is 6.41. The van der Waals surface area contributed by atoms with Gasteiger partial charge in [-0.05, 0) is 41.5 Å². The fourth-order valence-electron chi connectivity index (χ4n) is 3.36. The molecule has 196 valence electrons. The number of carbonyl (C=O) groups excluding carboxylic acids is 1. The van der Waals surface area contributed by atoms with Gasteiger partial charge in [-0.1, -0.05) is 65.8 Å². The summed E-state index contributed by atoms with van der Waals surface area (Å²) in [4.78, 5) is 16.0. The molecule has 0 saturated carbocycles. The Morgan fingerprint density at radius 2 is 1.68 bits per heavy atom. The van der Waals surface area contributed by atoms with Crippen molar-refractivity contribution in [2.45, 2.75) is 18.0 Å². The highest BCUT2D eigenvalue weighted by molar-refractivity contribution is 7.98. The van der Waals surface area contributed by atoms with Crippen molar-refractivity contribution in [3.8, 4) is 17.1 Å². The first-order valence-electron chi connectivity index (χ1n) is 11.7. The van der Waals surface area contributed by atoms with Gasteiger partial charge in [-0.25, -0.2) is 0 Å². The third kappa shape index (κ3) is 8.24. The van der Waals surface area contributed by atoms with Crippen molar-refractivity contribution < 1.29 is 27.2 Å². The fraction of sp³-hybridized carbons (Fsp3) is 0.179. The van der Waals surface area contributed by atoms with Gasteiger partial charge < -0.3 is 14.6 Å². The number of hydrogen-bond acceptors (Lipinski definition) is 6. The summed E-state index contributed by atoms with van der Waals surface area (Å²) in [6.07, 6.45) is -1.48. The molecule has 0 aliphatic carbocycles. The predicted molar refractivity (Wildman–Crippen MR) is 140 cm³/mol. The molecule has 3 aromatic carbocycles. The molecule has 1 amide bonds. The van der Waals surface area contributed by atoms with E-state index in [2.05, 4.69) is 20.0 Å². The molecule has 1 atom stereocenters. The van der Waals surface area contributed by atoms with Crippen LogP contribution in [0.2, 0.25) is 0 Å². The maximum absolute atomic E-state index is 12.7. The van der Waals surface area contributed by atoms with Gasteiger partial charge >= 0.3 is 12.1 Å². The molecule has 0 aliphatic heterocycles. The molecule has 1 aromatic heterocycles. The monoisotopic (exact) mass is 539 g/mol. The standard InChI is InChI=1S/C28H24F3N3O3S/c29-28(30,31)27-33-26(34-37-27)22-12-14-24(15-13-22)36-17-23(19-38-18-21-9-5-2-6-10-21)32-25(35)16-11-20-7-3-1-4-8-20/h1-16,23H,17-19H2,(H,32,35). The van der Waals surface area contributed by atoms with Gasteiger partial charge in [-0.2, -0.15) is 29.9 Å². The van der Waals surface area contributed by atoms with Crippen molar-refractivity contribution in [1.82, 2.24) is 15.5 Å². The minimum absolute atomic E-state index is 0.170. The molecule has 38 heavy (non-hydrogen) atoms. The van der Waals surface area contributed by atoms with Crippen LogP contribution in [0.4, 0.5) is 13.2 Å². The van der Waals surface area contributed by atoms with E-state index in [9.17, 15) is 18.0 Å². The number of ether oxygens (including phenoxy) is 1. The molecule has 0 fully saturated rings. The molecule has 4 rings (SSSR count). The number of aromatic nitrogens is 2. The maximum atomic E-state index is 12.7. The fourth-order valence-corrected chi connectivity index (χ4v) is 4.37. The summed E-state index contributed by atoms with van der Waals surface area (Å²) < 4.78 is 48.3. The Hall–Kier alpha value is -4.05. The Balaban J connectivity index is 1.36. The van der Waals surface area contributed by atoms with E-state index in [4.69, 9.17) is 4.74 Å². The number of rotatable bonds is 11. The summed E-state index contributed by atoms with van der Waals surface area (Å²) in [5.41, 5.74) is 2.45. The Morgan fingerprint density at radius 1 is 1.00 bits per heavy atom. The molecule has 6 nitrogen and oxygen atoms in total. The second kappa shape index (κ2) is 13.0. The lowest BCUT2D eigenvalue weighted by Gasteiger charge is -2.18. The van der Waals surface area contributed by atoms with E-state index in [1.807, 2.05) is 60.7 Å². The van der Waals surface area contributed by atoms with Gasteiger partial charge in [0.15, 0.2) is 0 Å². The number of carbonyl (C=O) groups is 1. The number of benzene rings is 3. The van der Waals surface area contributed by atoms with E-state index in [1.54, 1.807) is 42.1 Å². The van der Waals surface area contributed by atoms with Crippen molar-refractivity contribution in [1.29, 1.82) is 0 Å². The lowest BCUT2D eigenvalue weighted by atomic mass is 10.2. The van der Waals surface area contributed by atoms with E-state index < -0.39 is 12.1 Å². The SMILES string of the molecule is O=C(C=Cc1ccccc1)NC(COc1ccc(-c2noc(C(F)(F)F)n2)cc1)CSCc1ccccc1. The van der Waals surface area contributed by atoms with Crippen molar-refractivity contribution in [3.05, 3.63) is 108 Å². The van der Waals surface area contributed by atoms with Crippen LogP contribution in [0.1, 0.15) is 17.0 Å². The first kappa shape index (κ1) is 27.0. The van der Waals surface area contributed by atoms with Crippen molar-refractivity contribution in [2.24, 2.45) is 0 Å². The summed E-state index contributed by atoms with van der Waals surface area (Å²) in [5, 5.41) is 6.37. The molecule has 0 radical (unpaired) electrons. The quantitative estimate of drug-likeness (QED) is 0.227. The minimum Gasteiger partial charge on any atom is -0.491 e. The highest BCUT2D eigenvalue weighted by atomic mass is 32.2. The third-order valence-electron chi connectivity index (χ3n) is 5.24. The van der Waals surface area contributed by atoms with E-state index >= 15 is 0 Å². The zero-order chi connectivity index (χ0) is 26.8. The first-order valence-corrected chi connectivity index (χ1v) is 12.8. The number of halogens is 3. The van der Waals surface area contributed by atoms with Crippen LogP contribution in [0.25, 0.3) is 17.5 Å². The summed E-state index contributed by atoms with van der Waals surface area (Å²) in [6, 6.07) is 25.5. The summed E-state index contributed by atoms with van der Waals surface area (Å²) >= 11 is 1.67. The average Bonchev–Trinajstić information content (AvgIpc) is 3.43. The molecular formula is C28H24F3N3O3S. The zero-order valence-corrected chi connectivity index (χ0v) is 20.9. The number of hydrogen-bond donors (Lipinski definition) is 1. The van der Waals surface area contributed by atoms with Gasteiger partial charge in [0.1, 0.15) is 12.4 Å². The van der Waals surface area contributed by atoms with Crippen LogP contribution >= 0.6 is 11.8 Å². The molecule has 0 aliphatic rings. The molecule has 10 heteroatoms. The van der Waals surface area contributed by atoms with E-state index in [1.165, 1.54) is 11.6 Å². The summed E-state index contributed by atoms with van der Waals surface area (Å²) in [6.45, 7) is 0.201. The van der Waals surface area contributed by atoms with Crippen molar-refractivity contribution in [3.63, 3.8) is 0 Å². The molecule has 4 aromatic rings. The van der Waals surface area contributed by atoms with Gasteiger partial charge in [-0.3, -0.25) is 4.79 Å². The smallest absolute Gasteiger partial charge is 0.471 e. The van der Waals surface area contributed by atoms with E-state index in [0.29, 0.717) is 17.1 Å². The highest BCUT2D eigenvalue weighted by Gasteiger charge is 2.38. The predicted octanol–water partition coefficient (Wildman–Crippen LogP) is 6.27. The van der Waals surface area contributed by atoms with Gasteiger partial charge in [0.05, 0.1) is 6.04 Å². The number of nitrogens with zero attached hydrogens (tertiary/aromatic N) is 2. The maximum Gasteiger partial charge on any atom is 0.471 e. The number of amides is 1. The van der Waals surface area contributed by atoms with Crippen LogP contribution in [0.15, 0.2) is 95.5 Å². The Kier molecular flexibility index (Phi) is 9.21. The lowest BCUT2D eigenvalue weighted by Crippen LogP contribution is -2.40. The highest BCUT2D eigenvalue weighted by Crippen LogP contribution is 2.29. The summed E-state index contributed by atoms with van der Waals surface area (Å²) in [5.74, 6) is 0.0706. The topological polar surface area (TPSA) is 77.2 Å². The molecule has 1 N–H and O–H groups in total. The van der Waals surface area contributed by atoms with E-state index in [0.717, 1.165) is 11.3 Å². The minimum atomic E-state index is -4.71. The zero-order valence-electron chi connectivity index (χ0n) is 20.1. The van der Waals surface area contributed by atoms with Gasteiger partial charge in [0.25, 0.3) is 0 Å². The first-order chi connectivity index (χ1) is 18.4. The van der Waals surface area contributed by atoms with Gasteiger partial charge in [0.2, 0.25) is 11.7 Å². The molecule has 1 unspecified atom stereocenters. The number of thioether (sulfide) groups is 1. The van der Waals surface area contributed by atoms with Gasteiger partial charge in [-0.15, -0.1) is 0 Å². The Bertz CT molecular complexity index is 1330. The van der Waals surface area contributed by atoms with Crippen LogP contribution in [0, 0.1) is 0 Å². The second-order valence-corrected chi connectivity index (χ2v) is 9.24. The molecular weight excluding hydrogens is 515 g/mol. The second-order valence-electron chi connectivity index (χ2n) is 8.21. The molecule has 0 saturated heterocycles. The van der Waals surface area contributed by atoms with Crippen LogP contribution in [-0.2, 0) is 16.7 Å². The van der Waals surface area contributed by atoms with Crippen LogP contribution in [-0.4, -0.2) is 34.4 Å². The van der Waals surface area contributed by atoms with Crippen LogP contribution in [0.5, 0.6) is 5.75 Å². The lowest BCUT2D eigenvalue weighted by molar-refractivity contribution is -0.159. The molecule has 0 bridgehead atoms. The Morgan fingerprint density at radius 3 is 2.34 bits per heavy atom. The number of nitrogens with one attached hydrogen (secondary N) is 1. The molecule has 0 spiro atoms. The summed E-state index contributed by atoms with van der Waals surface area (Å²) in [7, 11) is 0. The normalized spacial score (nSPS) is 12.4.